The van der Waals surface area contributed by atoms with Crippen LogP contribution in [0, 0.1) is 0 Å². The summed E-state index contributed by atoms with van der Waals surface area (Å²) >= 11 is 0. The van der Waals surface area contributed by atoms with E-state index in [0.29, 0.717) is 12.6 Å². The minimum absolute atomic E-state index is 0.203. The van der Waals surface area contributed by atoms with Crippen LogP contribution in [-0.2, 0) is 0 Å². The Bertz CT molecular complexity index is 413. The van der Waals surface area contributed by atoms with Crippen molar-refractivity contribution in [2.45, 2.75) is 57.7 Å². The molecule has 3 heteroatoms. The molecule has 1 aliphatic rings. The Morgan fingerprint density at radius 1 is 1.30 bits per heavy atom. The van der Waals surface area contributed by atoms with E-state index in [1.807, 2.05) is 6.07 Å². The van der Waals surface area contributed by atoms with Gasteiger partial charge < -0.3 is 10.5 Å². The van der Waals surface area contributed by atoms with E-state index in [1.165, 1.54) is 31.2 Å². The van der Waals surface area contributed by atoms with Crippen molar-refractivity contribution in [3.8, 4) is 5.75 Å². The first-order chi connectivity index (χ1) is 9.61. The van der Waals surface area contributed by atoms with E-state index in [0.717, 1.165) is 5.75 Å². The van der Waals surface area contributed by atoms with Crippen molar-refractivity contribution in [2.75, 3.05) is 13.6 Å². The minimum Gasteiger partial charge on any atom is -0.491 e. The van der Waals surface area contributed by atoms with Gasteiger partial charge in [-0.2, -0.15) is 0 Å². The standard InChI is InChI=1S/C17H28N2O/c1-13(2)20-16-10-6-7-14(11-16)17(12-18)19(3)15-8-4-5-9-15/h6-7,10-11,13,15,17H,4-5,8-9,12,18H2,1-3H3. The Labute approximate surface area is 123 Å². The van der Waals surface area contributed by atoms with Gasteiger partial charge in [-0.15, -0.1) is 0 Å². The number of ether oxygens (including phenoxy) is 1. The number of hydrogen-bond acceptors (Lipinski definition) is 3. The van der Waals surface area contributed by atoms with Gasteiger partial charge in [-0.05, 0) is 51.4 Å². The van der Waals surface area contributed by atoms with Gasteiger partial charge in [-0.1, -0.05) is 25.0 Å². The minimum atomic E-state index is 0.203. The Kier molecular flexibility index (Phi) is 5.44. The molecule has 1 fully saturated rings. The summed E-state index contributed by atoms with van der Waals surface area (Å²) in [5.74, 6) is 0.941. The van der Waals surface area contributed by atoms with Gasteiger partial charge in [0.25, 0.3) is 0 Å². The van der Waals surface area contributed by atoms with Gasteiger partial charge >= 0.3 is 0 Å². The van der Waals surface area contributed by atoms with E-state index < -0.39 is 0 Å². The first-order valence-electron chi connectivity index (χ1n) is 7.80. The van der Waals surface area contributed by atoms with E-state index in [-0.39, 0.29) is 12.1 Å². The maximum absolute atomic E-state index is 6.04. The molecule has 0 bridgehead atoms. The van der Waals surface area contributed by atoms with Crippen LogP contribution in [0.2, 0.25) is 0 Å². The zero-order chi connectivity index (χ0) is 14.5. The van der Waals surface area contributed by atoms with Crippen LogP contribution in [-0.4, -0.2) is 30.6 Å². The van der Waals surface area contributed by atoms with Crippen LogP contribution in [0.25, 0.3) is 0 Å². The Morgan fingerprint density at radius 2 is 2.00 bits per heavy atom. The highest BCUT2D eigenvalue weighted by Gasteiger charge is 2.26. The summed E-state index contributed by atoms with van der Waals surface area (Å²) in [6.45, 7) is 4.76. The molecule has 0 aliphatic heterocycles. The zero-order valence-electron chi connectivity index (χ0n) is 13.0. The molecule has 2 rings (SSSR count). The topological polar surface area (TPSA) is 38.5 Å². The van der Waals surface area contributed by atoms with Crippen molar-refractivity contribution in [1.82, 2.24) is 4.90 Å². The fourth-order valence-corrected chi connectivity index (χ4v) is 3.17. The Balaban J connectivity index is 2.13. The van der Waals surface area contributed by atoms with Crippen molar-refractivity contribution in [3.63, 3.8) is 0 Å². The maximum atomic E-state index is 6.04. The third kappa shape index (κ3) is 3.74. The Hall–Kier alpha value is -1.06. The second-order valence-corrected chi connectivity index (χ2v) is 6.09. The van der Waals surface area contributed by atoms with Crippen molar-refractivity contribution in [2.24, 2.45) is 5.73 Å². The lowest BCUT2D eigenvalue weighted by Crippen LogP contribution is -2.37. The predicted octanol–water partition coefficient (Wildman–Crippen LogP) is 3.35. The lowest BCUT2D eigenvalue weighted by atomic mass is 10.0. The second kappa shape index (κ2) is 7.09. The van der Waals surface area contributed by atoms with Crippen LogP contribution in [0.3, 0.4) is 0 Å². The lowest BCUT2D eigenvalue weighted by molar-refractivity contribution is 0.178. The molecule has 112 valence electrons. The molecule has 0 heterocycles. The van der Waals surface area contributed by atoms with Crippen molar-refractivity contribution < 1.29 is 4.74 Å². The first-order valence-corrected chi connectivity index (χ1v) is 7.80. The monoisotopic (exact) mass is 276 g/mol. The molecule has 0 amide bonds. The summed E-state index contributed by atoms with van der Waals surface area (Å²) in [5.41, 5.74) is 7.31. The third-order valence-electron chi connectivity index (χ3n) is 4.23. The molecule has 0 radical (unpaired) electrons. The summed E-state index contributed by atoms with van der Waals surface area (Å²) in [6.07, 6.45) is 5.50. The quantitative estimate of drug-likeness (QED) is 0.866. The highest BCUT2D eigenvalue weighted by Crippen LogP contribution is 2.30. The van der Waals surface area contributed by atoms with Crippen LogP contribution >= 0.6 is 0 Å². The largest absolute Gasteiger partial charge is 0.491 e. The molecule has 1 atom stereocenters. The van der Waals surface area contributed by atoms with Gasteiger partial charge in [0.05, 0.1) is 6.10 Å². The lowest BCUT2D eigenvalue weighted by Gasteiger charge is -2.32. The summed E-state index contributed by atoms with van der Waals surface area (Å²) in [7, 11) is 2.21. The van der Waals surface area contributed by atoms with E-state index >= 15 is 0 Å². The van der Waals surface area contributed by atoms with Gasteiger partial charge in [-0.25, -0.2) is 0 Å². The molecule has 0 spiro atoms. The van der Waals surface area contributed by atoms with Gasteiger partial charge in [0.2, 0.25) is 0 Å². The van der Waals surface area contributed by atoms with Crippen LogP contribution in [0.1, 0.15) is 51.1 Å². The summed E-state index contributed by atoms with van der Waals surface area (Å²) in [4.78, 5) is 2.46. The summed E-state index contributed by atoms with van der Waals surface area (Å²) in [5, 5.41) is 0. The Morgan fingerprint density at radius 3 is 2.60 bits per heavy atom. The molecular formula is C17H28N2O. The highest BCUT2D eigenvalue weighted by molar-refractivity contribution is 5.31. The third-order valence-corrected chi connectivity index (χ3v) is 4.23. The number of hydrogen-bond donors (Lipinski definition) is 1. The number of nitrogens with two attached hydrogens (primary N) is 1. The average molecular weight is 276 g/mol. The number of likely N-dealkylation sites (N-methyl/N-ethyl adjacent to an activating group) is 1. The molecule has 1 aromatic carbocycles. The van der Waals surface area contributed by atoms with E-state index in [9.17, 15) is 0 Å². The van der Waals surface area contributed by atoms with E-state index in [4.69, 9.17) is 10.5 Å². The average Bonchev–Trinajstić information content (AvgIpc) is 2.93. The van der Waals surface area contributed by atoms with Crippen molar-refractivity contribution in [1.29, 1.82) is 0 Å². The van der Waals surface area contributed by atoms with Crippen molar-refractivity contribution >= 4 is 0 Å². The smallest absolute Gasteiger partial charge is 0.120 e. The normalized spacial score (nSPS) is 17.9. The first kappa shape index (κ1) is 15.3. The van der Waals surface area contributed by atoms with Crippen LogP contribution in [0.15, 0.2) is 24.3 Å². The molecule has 1 aliphatic carbocycles. The molecule has 20 heavy (non-hydrogen) atoms. The van der Waals surface area contributed by atoms with E-state index in [2.05, 4.69) is 44.0 Å². The number of benzene rings is 1. The molecule has 1 aromatic rings. The van der Waals surface area contributed by atoms with E-state index in [1.54, 1.807) is 0 Å². The van der Waals surface area contributed by atoms with Gasteiger partial charge in [0.15, 0.2) is 0 Å². The predicted molar refractivity (Wildman–Crippen MR) is 84.0 cm³/mol. The molecule has 0 saturated heterocycles. The van der Waals surface area contributed by atoms with Crippen LogP contribution in [0.4, 0.5) is 0 Å². The molecule has 0 aromatic heterocycles. The summed E-state index contributed by atoms with van der Waals surface area (Å²) < 4.78 is 5.80. The summed E-state index contributed by atoms with van der Waals surface area (Å²) in [6, 6.07) is 9.36. The van der Waals surface area contributed by atoms with Gasteiger partial charge in [0.1, 0.15) is 5.75 Å². The molecule has 1 saturated carbocycles. The van der Waals surface area contributed by atoms with Crippen molar-refractivity contribution in [3.05, 3.63) is 29.8 Å². The molecule has 1 unspecified atom stereocenters. The number of nitrogens with zero attached hydrogens (tertiary/aromatic N) is 1. The fraction of sp³-hybridized carbons (Fsp3) is 0.647. The molecular weight excluding hydrogens is 248 g/mol. The fourth-order valence-electron chi connectivity index (χ4n) is 3.17. The molecule has 2 N–H and O–H groups in total. The SMILES string of the molecule is CC(C)Oc1cccc(C(CN)N(C)C2CCCC2)c1. The number of rotatable bonds is 6. The highest BCUT2D eigenvalue weighted by atomic mass is 16.5. The van der Waals surface area contributed by atoms with Gasteiger partial charge in [0, 0.05) is 18.6 Å². The molecule has 3 nitrogen and oxygen atoms in total. The van der Waals surface area contributed by atoms with Gasteiger partial charge in [-0.3, -0.25) is 4.90 Å². The second-order valence-electron chi connectivity index (χ2n) is 6.09. The maximum Gasteiger partial charge on any atom is 0.120 e. The van der Waals surface area contributed by atoms with Crippen LogP contribution < -0.4 is 10.5 Å². The van der Waals surface area contributed by atoms with Crippen LogP contribution in [0.5, 0.6) is 5.75 Å². The zero-order valence-corrected chi connectivity index (χ0v) is 13.0.